The Labute approximate surface area is 92.2 Å². The SMILES string of the molecule is NCc1nc(Cl)cc(C(F)(F)F)c1C(F)F. The van der Waals surface area contributed by atoms with Gasteiger partial charge in [-0.25, -0.2) is 13.8 Å². The van der Waals surface area contributed by atoms with Gasteiger partial charge in [0.1, 0.15) is 5.15 Å². The van der Waals surface area contributed by atoms with E-state index < -0.39 is 41.1 Å². The van der Waals surface area contributed by atoms with Crippen molar-refractivity contribution < 1.29 is 22.0 Å². The molecule has 0 unspecified atom stereocenters. The van der Waals surface area contributed by atoms with Crippen molar-refractivity contribution in [2.45, 2.75) is 19.1 Å². The maximum Gasteiger partial charge on any atom is 0.417 e. The summed E-state index contributed by atoms with van der Waals surface area (Å²) >= 11 is 5.30. The van der Waals surface area contributed by atoms with Gasteiger partial charge in [-0.1, -0.05) is 11.6 Å². The Morgan fingerprint density at radius 1 is 1.38 bits per heavy atom. The average molecular weight is 261 g/mol. The van der Waals surface area contributed by atoms with Crippen molar-refractivity contribution >= 4 is 11.6 Å². The highest BCUT2D eigenvalue weighted by Crippen LogP contribution is 2.38. The fourth-order valence-electron chi connectivity index (χ4n) is 1.21. The van der Waals surface area contributed by atoms with Crippen molar-refractivity contribution in [1.29, 1.82) is 0 Å². The van der Waals surface area contributed by atoms with Crippen LogP contribution in [-0.2, 0) is 12.7 Å². The summed E-state index contributed by atoms with van der Waals surface area (Å²) in [6, 6.07) is 0.363. The molecule has 8 heteroatoms. The van der Waals surface area contributed by atoms with E-state index >= 15 is 0 Å². The number of hydrogen-bond acceptors (Lipinski definition) is 2. The van der Waals surface area contributed by atoms with E-state index in [0.29, 0.717) is 6.07 Å². The van der Waals surface area contributed by atoms with E-state index in [1.807, 2.05) is 0 Å². The minimum Gasteiger partial charge on any atom is -0.325 e. The second kappa shape index (κ2) is 4.50. The molecule has 2 nitrogen and oxygen atoms in total. The van der Waals surface area contributed by atoms with Crippen LogP contribution in [0.3, 0.4) is 0 Å². The summed E-state index contributed by atoms with van der Waals surface area (Å²) in [6.45, 7) is -0.538. The van der Waals surface area contributed by atoms with Crippen LogP contribution in [0.2, 0.25) is 5.15 Å². The Morgan fingerprint density at radius 2 is 1.94 bits per heavy atom. The summed E-state index contributed by atoms with van der Waals surface area (Å²) < 4.78 is 62.3. The van der Waals surface area contributed by atoms with E-state index in [9.17, 15) is 22.0 Å². The number of hydrogen-bond donors (Lipinski definition) is 1. The molecular formula is C8H6ClF5N2. The van der Waals surface area contributed by atoms with Crippen molar-refractivity contribution in [3.8, 4) is 0 Å². The van der Waals surface area contributed by atoms with E-state index in [1.165, 1.54) is 0 Å². The van der Waals surface area contributed by atoms with Gasteiger partial charge >= 0.3 is 6.18 Å². The minimum atomic E-state index is -4.91. The molecule has 90 valence electrons. The van der Waals surface area contributed by atoms with Gasteiger partial charge in [-0.2, -0.15) is 13.2 Å². The van der Waals surface area contributed by atoms with Gasteiger partial charge in [0.15, 0.2) is 0 Å². The summed E-state index contributed by atoms with van der Waals surface area (Å²) in [7, 11) is 0. The zero-order valence-electron chi connectivity index (χ0n) is 7.65. The van der Waals surface area contributed by atoms with E-state index in [4.69, 9.17) is 17.3 Å². The largest absolute Gasteiger partial charge is 0.417 e. The third kappa shape index (κ3) is 2.59. The molecular weight excluding hydrogens is 255 g/mol. The molecule has 0 aliphatic rings. The highest BCUT2D eigenvalue weighted by atomic mass is 35.5. The van der Waals surface area contributed by atoms with Crippen LogP contribution >= 0.6 is 11.6 Å². The monoisotopic (exact) mass is 260 g/mol. The first-order chi connectivity index (χ1) is 7.27. The van der Waals surface area contributed by atoms with Crippen molar-refractivity contribution in [2.75, 3.05) is 0 Å². The summed E-state index contributed by atoms with van der Waals surface area (Å²) in [5.74, 6) is 0. The highest BCUT2D eigenvalue weighted by molar-refractivity contribution is 6.29. The zero-order valence-corrected chi connectivity index (χ0v) is 8.41. The fraction of sp³-hybridized carbons (Fsp3) is 0.375. The lowest BCUT2D eigenvalue weighted by molar-refractivity contribution is -0.139. The predicted molar refractivity (Wildman–Crippen MR) is 47.1 cm³/mol. The van der Waals surface area contributed by atoms with Crippen LogP contribution in [0.1, 0.15) is 23.2 Å². The molecule has 16 heavy (non-hydrogen) atoms. The van der Waals surface area contributed by atoms with Crippen LogP contribution in [0.25, 0.3) is 0 Å². The first-order valence-electron chi connectivity index (χ1n) is 4.02. The topological polar surface area (TPSA) is 38.9 Å². The highest BCUT2D eigenvalue weighted by Gasteiger charge is 2.37. The molecule has 0 aliphatic heterocycles. The maximum absolute atomic E-state index is 12.5. The third-order valence-electron chi connectivity index (χ3n) is 1.82. The minimum absolute atomic E-state index is 0.363. The second-order valence-electron chi connectivity index (χ2n) is 2.86. The van der Waals surface area contributed by atoms with Crippen LogP contribution in [0.15, 0.2) is 6.07 Å². The fourth-order valence-corrected chi connectivity index (χ4v) is 1.42. The molecule has 1 aromatic rings. The average Bonchev–Trinajstić information content (AvgIpc) is 2.14. The summed E-state index contributed by atoms with van der Waals surface area (Å²) in [5, 5.41) is -0.517. The lowest BCUT2D eigenvalue weighted by Gasteiger charge is -2.15. The van der Waals surface area contributed by atoms with Crippen LogP contribution < -0.4 is 5.73 Å². The molecule has 1 heterocycles. The quantitative estimate of drug-likeness (QED) is 0.655. The van der Waals surface area contributed by atoms with E-state index in [2.05, 4.69) is 4.98 Å². The first kappa shape index (κ1) is 13.1. The number of halogens is 6. The van der Waals surface area contributed by atoms with Crippen molar-refractivity contribution in [3.05, 3.63) is 28.0 Å². The normalized spacial score (nSPS) is 12.2. The Bertz CT molecular complexity index is 391. The third-order valence-corrected chi connectivity index (χ3v) is 2.02. The molecule has 1 aromatic heterocycles. The predicted octanol–water partition coefficient (Wildman–Crippen LogP) is 3.15. The molecule has 0 amide bonds. The molecule has 0 saturated heterocycles. The second-order valence-corrected chi connectivity index (χ2v) is 3.24. The number of pyridine rings is 1. The van der Waals surface area contributed by atoms with Crippen molar-refractivity contribution in [2.24, 2.45) is 5.73 Å². The smallest absolute Gasteiger partial charge is 0.325 e. The number of nitrogens with two attached hydrogens (primary N) is 1. The van der Waals surface area contributed by atoms with Gasteiger partial charge in [-0.05, 0) is 6.07 Å². The van der Waals surface area contributed by atoms with Gasteiger partial charge in [-0.15, -0.1) is 0 Å². The van der Waals surface area contributed by atoms with Gasteiger partial charge in [0.05, 0.1) is 16.8 Å². The standard InChI is InChI=1S/C8H6ClF5N2/c9-5-1-3(8(12,13)14)6(7(10)11)4(2-15)16-5/h1,7H,2,15H2. The molecule has 1 rings (SSSR count). The molecule has 0 spiro atoms. The zero-order chi connectivity index (χ0) is 12.5. The Morgan fingerprint density at radius 3 is 2.31 bits per heavy atom. The van der Waals surface area contributed by atoms with Crippen LogP contribution in [0, 0.1) is 0 Å². The van der Waals surface area contributed by atoms with Crippen LogP contribution in [-0.4, -0.2) is 4.98 Å². The molecule has 0 bridgehead atoms. The van der Waals surface area contributed by atoms with E-state index in [0.717, 1.165) is 0 Å². The lowest BCUT2D eigenvalue weighted by Crippen LogP contribution is -2.15. The molecule has 0 saturated carbocycles. The number of alkyl halides is 5. The lowest BCUT2D eigenvalue weighted by atomic mass is 10.1. The van der Waals surface area contributed by atoms with Crippen LogP contribution in [0.4, 0.5) is 22.0 Å². The van der Waals surface area contributed by atoms with Crippen LogP contribution in [0.5, 0.6) is 0 Å². The van der Waals surface area contributed by atoms with Crippen molar-refractivity contribution in [1.82, 2.24) is 4.98 Å². The van der Waals surface area contributed by atoms with Gasteiger partial charge < -0.3 is 5.73 Å². The molecule has 2 N–H and O–H groups in total. The van der Waals surface area contributed by atoms with E-state index in [1.54, 1.807) is 0 Å². The Hall–Kier alpha value is -0.950. The van der Waals surface area contributed by atoms with Gasteiger partial charge in [0.2, 0.25) is 0 Å². The van der Waals surface area contributed by atoms with Gasteiger partial charge in [-0.3, -0.25) is 0 Å². The molecule has 0 atom stereocenters. The first-order valence-corrected chi connectivity index (χ1v) is 4.40. The molecule has 0 aliphatic carbocycles. The van der Waals surface area contributed by atoms with Gasteiger partial charge in [0.25, 0.3) is 6.43 Å². The number of rotatable bonds is 2. The summed E-state index contributed by atoms with van der Waals surface area (Å²) in [6.07, 6.45) is -8.22. The summed E-state index contributed by atoms with van der Waals surface area (Å²) in [4.78, 5) is 3.35. The maximum atomic E-state index is 12.5. The Balaban J connectivity index is 3.51. The summed E-state index contributed by atoms with van der Waals surface area (Å²) in [5.41, 5.74) is 1.80. The molecule has 0 aromatic carbocycles. The number of nitrogens with zero attached hydrogens (tertiary/aromatic N) is 1. The molecule has 0 radical (unpaired) electrons. The molecule has 0 fully saturated rings. The van der Waals surface area contributed by atoms with E-state index in [-0.39, 0.29) is 0 Å². The number of aromatic nitrogens is 1. The van der Waals surface area contributed by atoms with Gasteiger partial charge in [0, 0.05) is 6.54 Å². The Kier molecular flexibility index (Phi) is 3.69. The van der Waals surface area contributed by atoms with Crippen molar-refractivity contribution in [3.63, 3.8) is 0 Å².